The Labute approximate surface area is 152 Å². The molecule has 0 atom stereocenters. The van der Waals surface area contributed by atoms with Gasteiger partial charge in [-0.1, -0.05) is 0 Å². The van der Waals surface area contributed by atoms with Crippen LogP contribution >= 0.6 is 20.2 Å². The first kappa shape index (κ1) is 19.4. The van der Waals surface area contributed by atoms with Gasteiger partial charge in [-0.2, -0.15) is 0 Å². The summed E-state index contributed by atoms with van der Waals surface area (Å²) >= 11 is -2.59. The molecule has 0 saturated carbocycles. The Bertz CT molecular complexity index is 694. The van der Waals surface area contributed by atoms with Crippen LogP contribution in [0.15, 0.2) is 48.5 Å². The summed E-state index contributed by atoms with van der Waals surface area (Å²) in [7, 11) is -4.00. The topological polar surface area (TPSA) is 52.6 Å². The van der Waals surface area contributed by atoms with Crippen molar-refractivity contribution in [2.24, 2.45) is 0 Å². The Morgan fingerprint density at radius 2 is 1.33 bits per heavy atom. The van der Waals surface area contributed by atoms with E-state index in [1.54, 1.807) is 0 Å². The van der Waals surface area contributed by atoms with Crippen LogP contribution in [0.25, 0.3) is 0 Å². The van der Waals surface area contributed by atoms with Gasteiger partial charge in [0, 0.05) is 0 Å². The van der Waals surface area contributed by atoms with E-state index in [9.17, 15) is 8.42 Å². The maximum atomic E-state index is 12.2. The van der Waals surface area contributed by atoms with Crippen molar-refractivity contribution in [3.63, 3.8) is 0 Å². The predicted molar refractivity (Wildman–Crippen MR) is 105 cm³/mol. The SMILES string of the molecule is CCCCOS(=O)(=O)OI(c1ccc(C)cc1)c1ccc(C)cc1. The molecule has 0 aromatic heterocycles. The van der Waals surface area contributed by atoms with Crippen molar-refractivity contribution in [2.75, 3.05) is 6.61 Å². The summed E-state index contributed by atoms with van der Waals surface area (Å²) in [4.78, 5) is 0. The third-order valence-corrected chi connectivity index (χ3v) is 10.1. The Balaban J connectivity index is 2.29. The number of hydrogen-bond donors (Lipinski definition) is 0. The zero-order valence-electron chi connectivity index (χ0n) is 14.2. The molecule has 0 bridgehead atoms. The van der Waals surface area contributed by atoms with Gasteiger partial charge in [0.05, 0.1) is 0 Å². The molecule has 0 spiro atoms. The van der Waals surface area contributed by atoms with Crippen LogP contribution in [0.4, 0.5) is 0 Å². The molecule has 0 amide bonds. The zero-order valence-corrected chi connectivity index (χ0v) is 17.1. The molecule has 24 heavy (non-hydrogen) atoms. The third kappa shape index (κ3) is 5.84. The van der Waals surface area contributed by atoms with Crippen molar-refractivity contribution in [1.82, 2.24) is 0 Å². The molecule has 0 radical (unpaired) electrons. The van der Waals surface area contributed by atoms with Crippen molar-refractivity contribution in [2.45, 2.75) is 33.6 Å². The monoisotopic (exact) mass is 462 g/mol. The summed E-state index contributed by atoms with van der Waals surface area (Å²) in [5.41, 5.74) is 2.25. The fourth-order valence-electron chi connectivity index (χ4n) is 1.89. The summed E-state index contributed by atoms with van der Waals surface area (Å²) in [5.74, 6) is 0. The van der Waals surface area contributed by atoms with E-state index in [0.29, 0.717) is 6.42 Å². The van der Waals surface area contributed by atoms with Crippen molar-refractivity contribution in [3.8, 4) is 0 Å². The fourth-order valence-corrected chi connectivity index (χ4v) is 8.18. The summed E-state index contributed by atoms with van der Waals surface area (Å²) in [6.45, 7) is 6.14. The fraction of sp³-hybridized carbons (Fsp3) is 0.333. The van der Waals surface area contributed by atoms with Crippen LogP contribution < -0.4 is 0 Å². The second-order valence-electron chi connectivity index (χ2n) is 5.49. The summed E-state index contributed by atoms with van der Waals surface area (Å²) < 4.78 is 36.8. The molecule has 4 nitrogen and oxygen atoms in total. The first-order valence-electron chi connectivity index (χ1n) is 7.84. The van der Waals surface area contributed by atoms with Gasteiger partial charge in [-0.05, 0) is 0 Å². The van der Waals surface area contributed by atoms with E-state index in [1.807, 2.05) is 69.3 Å². The number of benzene rings is 2. The average molecular weight is 462 g/mol. The van der Waals surface area contributed by atoms with Crippen molar-refractivity contribution in [1.29, 1.82) is 0 Å². The number of hydrogen-bond acceptors (Lipinski definition) is 4. The Hall–Kier alpha value is -0.960. The first-order valence-corrected chi connectivity index (χ1v) is 12.2. The van der Waals surface area contributed by atoms with Gasteiger partial charge in [0.15, 0.2) is 0 Å². The number of aryl methyl sites for hydroxylation is 2. The van der Waals surface area contributed by atoms with Crippen LogP contribution in [0, 0.1) is 21.0 Å². The number of halogens is 1. The van der Waals surface area contributed by atoms with E-state index >= 15 is 0 Å². The first-order chi connectivity index (χ1) is 11.4. The predicted octanol–water partition coefficient (Wildman–Crippen LogP) is 4.84. The molecule has 2 aromatic rings. The standard InChI is InChI=1S/C18H23IO4S/c1-4-5-14-22-24(20,21)23-19(17-10-6-15(2)7-11-17)18-12-8-16(3)9-13-18/h6-13H,4-5,14H2,1-3H3. The second-order valence-corrected chi connectivity index (χ2v) is 11.7. The van der Waals surface area contributed by atoms with Crippen LogP contribution in [0.1, 0.15) is 30.9 Å². The van der Waals surface area contributed by atoms with Gasteiger partial charge >= 0.3 is 153 Å². The van der Waals surface area contributed by atoms with Gasteiger partial charge in [-0.3, -0.25) is 0 Å². The minimum atomic E-state index is -4.00. The van der Waals surface area contributed by atoms with Gasteiger partial charge in [-0.25, -0.2) is 0 Å². The molecule has 0 heterocycles. The summed E-state index contributed by atoms with van der Waals surface area (Å²) in [5, 5.41) is 0. The van der Waals surface area contributed by atoms with Crippen LogP contribution in [0.2, 0.25) is 0 Å². The molecular weight excluding hydrogens is 439 g/mol. The Morgan fingerprint density at radius 1 is 0.875 bits per heavy atom. The van der Waals surface area contributed by atoms with Crippen molar-refractivity contribution < 1.29 is 15.1 Å². The molecule has 0 aliphatic heterocycles. The molecule has 0 aliphatic rings. The van der Waals surface area contributed by atoms with Gasteiger partial charge in [0.25, 0.3) is 0 Å². The zero-order chi connectivity index (χ0) is 17.6. The van der Waals surface area contributed by atoms with Crippen LogP contribution in [0.5, 0.6) is 0 Å². The molecule has 0 aliphatic carbocycles. The van der Waals surface area contributed by atoms with Crippen LogP contribution in [-0.2, 0) is 17.1 Å². The van der Waals surface area contributed by atoms with Crippen LogP contribution in [0.3, 0.4) is 0 Å². The average Bonchev–Trinajstić information content (AvgIpc) is 2.55. The van der Waals surface area contributed by atoms with Gasteiger partial charge in [0.1, 0.15) is 0 Å². The third-order valence-electron chi connectivity index (χ3n) is 3.28. The summed E-state index contributed by atoms with van der Waals surface area (Å²) in [6, 6.07) is 15.7. The Kier molecular flexibility index (Phi) is 7.21. The Morgan fingerprint density at radius 3 is 1.75 bits per heavy atom. The second kappa shape index (κ2) is 8.94. The number of rotatable bonds is 8. The summed E-state index contributed by atoms with van der Waals surface area (Å²) in [6.07, 6.45) is 1.56. The molecule has 0 N–H and O–H groups in total. The van der Waals surface area contributed by atoms with E-state index in [4.69, 9.17) is 6.70 Å². The normalized spacial score (nSPS) is 12.2. The van der Waals surface area contributed by atoms with Gasteiger partial charge in [-0.15, -0.1) is 0 Å². The number of unbranched alkanes of at least 4 members (excludes halogenated alkanes) is 1. The van der Waals surface area contributed by atoms with E-state index in [0.717, 1.165) is 24.7 Å². The van der Waals surface area contributed by atoms with E-state index in [1.165, 1.54) is 0 Å². The van der Waals surface area contributed by atoms with Gasteiger partial charge < -0.3 is 0 Å². The van der Waals surface area contributed by atoms with Crippen molar-refractivity contribution in [3.05, 3.63) is 66.8 Å². The molecule has 0 unspecified atom stereocenters. The molecule has 0 fully saturated rings. The molecule has 0 saturated heterocycles. The van der Waals surface area contributed by atoms with E-state index in [2.05, 4.69) is 0 Å². The quantitative estimate of drug-likeness (QED) is 0.416. The molecule has 2 aromatic carbocycles. The van der Waals surface area contributed by atoms with Crippen LogP contribution in [-0.4, -0.2) is 15.0 Å². The van der Waals surface area contributed by atoms with Gasteiger partial charge in [0.2, 0.25) is 0 Å². The molecular formula is C18H23IO4S. The minimum absolute atomic E-state index is 0.157. The molecule has 6 heteroatoms. The maximum absolute atomic E-state index is 12.2. The van der Waals surface area contributed by atoms with Crippen molar-refractivity contribution >= 4 is 30.6 Å². The molecule has 132 valence electrons. The molecule has 2 rings (SSSR count). The van der Waals surface area contributed by atoms with E-state index in [-0.39, 0.29) is 6.61 Å². The van der Waals surface area contributed by atoms with E-state index < -0.39 is 30.6 Å².